The highest BCUT2D eigenvalue weighted by Gasteiger charge is 2.32. The van der Waals surface area contributed by atoms with Gasteiger partial charge in [0, 0.05) is 18.5 Å². The van der Waals surface area contributed by atoms with Gasteiger partial charge in [-0.15, -0.1) is 0 Å². The van der Waals surface area contributed by atoms with Crippen LogP contribution in [-0.2, 0) is 9.53 Å². The maximum atomic E-state index is 12.2. The molecule has 1 aliphatic heterocycles. The Balaban J connectivity index is 1.50. The number of aliphatic hydroxyl groups is 3. The van der Waals surface area contributed by atoms with Crippen LogP contribution in [0.2, 0.25) is 0 Å². The van der Waals surface area contributed by atoms with Gasteiger partial charge >= 0.3 is 0 Å². The molecule has 24 heavy (non-hydrogen) atoms. The third-order valence-corrected chi connectivity index (χ3v) is 4.61. The lowest BCUT2D eigenvalue weighted by molar-refractivity contribution is -0.119. The summed E-state index contributed by atoms with van der Waals surface area (Å²) in [7, 11) is 0. The number of aliphatic hydroxyl groups excluding tert-OH is 3. The van der Waals surface area contributed by atoms with Crippen LogP contribution in [0.4, 0.5) is 0 Å². The molecule has 0 unspecified atom stereocenters. The van der Waals surface area contributed by atoms with E-state index in [2.05, 4.69) is 5.32 Å². The molecule has 0 saturated carbocycles. The summed E-state index contributed by atoms with van der Waals surface area (Å²) in [5.74, 6) is -0.341. The first kappa shape index (κ1) is 17.1. The Labute approximate surface area is 140 Å². The Morgan fingerprint density at radius 3 is 2.62 bits per heavy atom. The molecule has 1 heterocycles. The Hall–Kier alpha value is -1.73. The summed E-state index contributed by atoms with van der Waals surface area (Å²) in [4.78, 5) is 12.2. The van der Waals surface area contributed by atoms with Gasteiger partial charge in [-0.25, -0.2) is 0 Å². The van der Waals surface area contributed by atoms with Crippen molar-refractivity contribution in [3.05, 3.63) is 47.5 Å². The second kappa shape index (κ2) is 7.44. The number of hydrogen-bond donors (Lipinski definition) is 4. The standard InChI is InChI=1S/C18H23NO5/c20-14-8-12(9-15(21)17(14)22)18(23)19-10-13-6-7-16(24-13)11-4-2-1-3-5-11/h1-5,8,13-17,20-22H,6-7,9-10H2,(H,19,23)/t13-,14-,15-,16-,17-/m1/s1. The minimum atomic E-state index is -1.24. The van der Waals surface area contributed by atoms with Crippen molar-refractivity contribution in [1.29, 1.82) is 0 Å². The smallest absolute Gasteiger partial charge is 0.247 e. The van der Waals surface area contributed by atoms with Gasteiger partial charge in [-0.3, -0.25) is 4.79 Å². The lowest BCUT2D eigenvalue weighted by Crippen LogP contribution is -2.43. The molecule has 1 aromatic carbocycles. The quantitative estimate of drug-likeness (QED) is 0.641. The third-order valence-electron chi connectivity index (χ3n) is 4.61. The van der Waals surface area contributed by atoms with E-state index in [9.17, 15) is 20.1 Å². The highest BCUT2D eigenvalue weighted by Crippen LogP contribution is 2.32. The van der Waals surface area contributed by atoms with E-state index in [1.54, 1.807) is 0 Å². The van der Waals surface area contributed by atoms with E-state index in [4.69, 9.17) is 4.74 Å². The first-order valence-corrected chi connectivity index (χ1v) is 8.28. The second-order valence-electron chi connectivity index (χ2n) is 6.39. The van der Waals surface area contributed by atoms with Gasteiger partial charge in [-0.2, -0.15) is 0 Å². The molecule has 0 bridgehead atoms. The summed E-state index contributed by atoms with van der Waals surface area (Å²) in [6, 6.07) is 10.00. The van der Waals surface area contributed by atoms with Crippen molar-refractivity contribution in [2.45, 2.75) is 49.8 Å². The van der Waals surface area contributed by atoms with E-state index in [0.29, 0.717) is 6.54 Å². The van der Waals surface area contributed by atoms with Gasteiger partial charge in [0.2, 0.25) is 5.91 Å². The maximum absolute atomic E-state index is 12.2. The van der Waals surface area contributed by atoms with Crippen LogP contribution in [0.1, 0.15) is 30.9 Å². The van der Waals surface area contributed by atoms with E-state index in [0.717, 1.165) is 18.4 Å². The van der Waals surface area contributed by atoms with Crippen LogP contribution in [0, 0.1) is 0 Å². The molecule has 5 atom stereocenters. The highest BCUT2D eigenvalue weighted by molar-refractivity contribution is 5.93. The maximum Gasteiger partial charge on any atom is 0.247 e. The van der Waals surface area contributed by atoms with E-state index in [1.165, 1.54) is 6.08 Å². The number of carbonyl (C=O) groups is 1. The van der Waals surface area contributed by atoms with Gasteiger partial charge in [0.25, 0.3) is 0 Å². The van der Waals surface area contributed by atoms with E-state index in [1.807, 2.05) is 30.3 Å². The summed E-state index contributed by atoms with van der Waals surface area (Å²) < 4.78 is 5.97. The molecule has 6 nitrogen and oxygen atoms in total. The summed E-state index contributed by atoms with van der Waals surface area (Å²) >= 11 is 0. The number of benzene rings is 1. The number of amides is 1. The van der Waals surface area contributed by atoms with Gasteiger partial charge in [-0.05, 0) is 24.5 Å². The molecule has 1 aromatic rings. The van der Waals surface area contributed by atoms with Crippen molar-refractivity contribution in [2.75, 3.05) is 6.54 Å². The van der Waals surface area contributed by atoms with Crippen molar-refractivity contribution in [2.24, 2.45) is 0 Å². The first-order valence-electron chi connectivity index (χ1n) is 8.28. The Bertz CT molecular complexity index is 603. The van der Waals surface area contributed by atoms with Crippen molar-refractivity contribution in [1.82, 2.24) is 5.32 Å². The van der Waals surface area contributed by atoms with Gasteiger partial charge in [0.15, 0.2) is 0 Å². The zero-order valence-electron chi connectivity index (χ0n) is 13.3. The van der Waals surface area contributed by atoms with Crippen molar-refractivity contribution < 1.29 is 24.9 Å². The van der Waals surface area contributed by atoms with Crippen LogP contribution in [-0.4, -0.2) is 52.2 Å². The van der Waals surface area contributed by atoms with Crippen LogP contribution in [0.15, 0.2) is 42.0 Å². The van der Waals surface area contributed by atoms with Crippen LogP contribution in [0.25, 0.3) is 0 Å². The second-order valence-corrected chi connectivity index (χ2v) is 6.39. The van der Waals surface area contributed by atoms with Crippen LogP contribution in [0.5, 0.6) is 0 Å². The summed E-state index contributed by atoms with van der Waals surface area (Å²) in [6.07, 6.45) is -0.483. The fraction of sp³-hybridized carbons (Fsp3) is 0.500. The lowest BCUT2D eigenvalue weighted by atomic mass is 9.92. The normalized spacial score (nSPS) is 33.1. The van der Waals surface area contributed by atoms with Crippen molar-refractivity contribution >= 4 is 5.91 Å². The molecule has 1 amide bonds. The molecule has 130 valence electrons. The fourth-order valence-electron chi connectivity index (χ4n) is 3.20. The average molecular weight is 333 g/mol. The molecular formula is C18H23NO5. The van der Waals surface area contributed by atoms with E-state index in [-0.39, 0.29) is 30.1 Å². The average Bonchev–Trinajstić information content (AvgIpc) is 3.07. The number of hydrogen-bond acceptors (Lipinski definition) is 5. The SMILES string of the molecule is O=C(NC[C@H]1CC[C@H](c2ccccc2)O1)C1=C[C@@H](O)[C@@H](O)[C@H](O)C1. The number of ether oxygens (including phenoxy) is 1. The van der Waals surface area contributed by atoms with Gasteiger partial charge in [0.1, 0.15) is 12.2 Å². The van der Waals surface area contributed by atoms with Crippen molar-refractivity contribution in [3.8, 4) is 0 Å². The van der Waals surface area contributed by atoms with Crippen LogP contribution >= 0.6 is 0 Å². The number of nitrogens with one attached hydrogen (secondary N) is 1. The van der Waals surface area contributed by atoms with Crippen molar-refractivity contribution in [3.63, 3.8) is 0 Å². The summed E-state index contributed by atoms with van der Waals surface area (Å²) in [5, 5.41) is 31.5. The number of carbonyl (C=O) groups excluding carboxylic acids is 1. The summed E-state index contributed by atoms with van der Waals surface area (Å²) in [5.41, 5.74) is 1.43. The predicted octanol–water partition coefficient (Wildman–Crippen LogP) is 0.436. The third kappa shape index (κ3) is 3.84. The molecular weight excluding hydrogens is 310 g/mol. The van der Waals surface area contributed by atoms with E-state index >= 15 is 0 Å². The minimum absolute atomic E-state index is 0.0300. The molecule has 1 saturated heterocycles. The monoisotopic (exact) mass is 333 g/mol. The molecule has 0 radical (unpaired) electrons. The fourth-order valence-corrected chi connectivity index (χ4v) is 3.20. The lowest BCUT2D eigenvalue weighted by Gasteiger charge is -2.27. The first-order chi connectivity index (χ1) is 11.5. The Morgan fingerprint density at radius 1 is 1.17 bits per heavy atom. The molecule has 1 fully saturated rings. The molecule has 0 spiro atoms. The zero-order chi connectivity index (χ0) is 17.1. The molecule has 0 aromatic heterocycles. The molecule has 4 N–H and O–H groups in total. The molecule has 2 aliphatic rings. The molecule has 6 heteroatoms. The minimum Gasteiger partial charge on any atom is -0.390 e. The topological polar surface area (TPSA) is 99.0 Å². The van der Waals surface area contributed by atoms with Gasteiger partial charge in [-0.1, -0.05) is 30.3 Å². The largest absolute Gasteiger partial charge is 0.390 e. The van der Waals surface area contributed by atoms with Gasteiger partial charge < -0.3 is 25.4 Å². The zero-order valence-corrected chi connectivity index (χ0v) is 13.3. The number of rotatable bonds is 4. The molecule has 3 rings (SSSR count). The van der Waals surface area contributed by atoms with Gasteiger partial charge in [0.05, 0.1) is 18.3 Å². The molecule has 1 aliphatic carbocycles. The van der Waals surface area contributed by atoms with Crippen LogP contribution < -0.4 is 5.32 Å². The van der Waals surface area contributed by atoms with E-state index < -0.39 is 18.3 Å². The highest BCUT2D eigenvalue weighted by atomic mass is 16.5. The summed E-state index contributed by atoms with van der Waals surface area (Å²) in [6.45, 7) is 0.383. The predicted molar refractivity (Wildman–Crippen MR) is 87.0 cm³/mol. The van der Waals surface area contributed by atoms with Crippen LogP contribution in [0.3, 0.4) is 0 Å². The Kier molecular flexibility index (Phi) is 5.30. The Morgan fingerprint density at radius 2 is 1.92 bits per heavy atom.